The molecule has 2 saturated heterocycles. The molecule has 3 aromatic rings. The van der Waals surface area contributed by atoms with Gasteiger partial charge in [-0.05, 0) is 58.4 Å². The summed E-state index contributed by atoms with van der Waals surface area (Å²) >= 11 is 0. The number of pyridine rings is 1. The number of ether oxygens (including phenoxy) is 2. The van der Waals surface area contributed by atoms with Crippen molar-refractivity contribution >= 4 is 23.3 Å². The first-order valence-corrected chi connectivity index (χ1v) is 16.8. The molecule has 1 N–H and O–H groups in total. The second-order valence-electron chi connectivity index (χ2n) is 15.2. The van der Waals surface area contributed by atoms with Crippen molar-refractivity contribution in [2.75, 3.05) is 57.4 Å². The Balaban J connectivity index is 1.30. The molecule has 0 spiro atoms. The van der Waals surface area contributed by atoms with Gasteiger partial charge in [0.1, 0.15) is 11.4 Å². The number of fused-ring (bicyclic) bond motifs is 3. The molecule has 1 aromatic carbocycles. The van der Waals surface area contributed by atoms with Crippen LogP contribution < -0.4 is 10.6 Å². The molecule has 48 heavy (non-hydrogen) atoms. The zero-order chi connectivity index (χ0) is 34.5. The van der Waals surface area contributed by atoms with Gasteiger partial charge in [-0.15, -0.1) is 0 Å². The predicted octanol–water partition coefficient (Wildman–Crippen LogP) is 3.41. The topological polar surface area (TPSA) is 116 Å². The minimum Gasteiger partial charge on any atom is -0.444 e. The molecule has 3 aliphatic rings. The zero-order valence-corrected chi connectivity index (χ0v) is 29.1. The summed E-state index contributed by atoms with van der Waals surface area (Å²) in [5, 5.41) is 2.86. The Morgan fingerprint density at radius 1 is 1.10 bits per heavy atom. The molecule has 0 unspecified atom stereocenters. The average molecular weight is 666 g/mol. The summed E-state index contributed by atoms with van der Waals surface area (Å²) in [6, 6.07) is 8.16. The Morgan fingerprint density at radius 2 is 1.83 bits per heavy atom. The van der Waals surface area contributed by atoms with Gasteiger partial charge in [0, 0.05) is 68.2 Å². The normalized spacial score (nSPS) is 23.5. The Labute approximate surface area is 280 Å². The minimum absolute atomic E-state index is 0.0608. The number of carbonyl (C=O) groups is 2. The molecule has 0 radical (unpaired) electrons. The summed E-state index contributed by atoms with van der Waals surface area (Å²) in [4.78, 5) is 52.7. The quantitative estimate of drug-likeness (QED) is 0.426. The zero-order valence-electron chi connectivity index (χ0n) is 29.1. The summed E-state index contributed by atoms with van der Waals surface area (Å²) in [5.41, 5.74) is 2.08. The highest BCUT2D eigenvalue weighted by atomic mass is 19.1. The van der Waals surface area contributed by atoms with Gasteiger partial charge in [-0.2, -0.15) is 4.98 Å². The van der Waals surface area contributed by atoms with Crippen LogP contribution in [0.25, 0.3) is 5.65 Å². The van der Waals surface area contributed by atoms with Crippen LogP contribution in [-0.2, 0) is 26.1 Å². The lowest BCUT2D eigenvalue weighted by Crippen LogP contribution is -2.64. The van der Waals surface area contributed by atoms with Gasteiger partial charge in [-0.25, -0.2) is 23.6 Å². The van der Waals surface area contributed by atoms with Crippen molar-refractivity contribution in [3.63, 3.8) is 0 Å². The largest absolute Gasteiger partial charge is 0.444 e. The number of benzene rings is 1. The molecular formula is C35H48FN7O5. The Bertz CT molecular complexity index is 1730. The van der Waals surface area contributed by atoms with Crippen LogP contribution in [0, 0.1) is 5.82 Å². The fourth-order valence-electron chi connectivity index (χ4n) is 7.31. The lowest BCUT2D eigenvalue weighted by molar-refractivity contribution is -0.121. The summed E-state index contributed by atoms with van der Waals surface area (Å²) < 4.78 is 26.8. The number of aromatic amines is 1. The van der Waals surface area contributed by atoms with Crippen molar-refractivity contribution in [2.24, 2.45) is 0 Å². The van der Waals surface area contributed by atoms with Crippen LogP contribution in [0.2, 0.25) is 0 Å². The number of hydrogen-bond acceptors (Lipinski definition) is 8. The molecule has 5 heterocycles. The van der Waals surface area contributed by atoms with Gasteiger partial charge in [-0.3, -0.25) is 14.6 Å². The van der Waals surface area contributed by atoms with Crippen molar-refractivity contribution < 1.29 is 23.5 Å². The molecule has 260 valence electrons. The maximum Gasteiger partial charge on any atom is 0.410 e. The van der Waals surface area contributed by atoms with E-state index in [2.05, 4.69) is 40.7 Å². The van der Waals surface area contributed by atoms with Crippen molar-refractivity contribution in [1.29, 1.82) is 0 Å². The van der Waals surface area contributed by atoms with E-state index in [1.807, 2.05) is 38.7 Å². The van der Waals surface area contributed by atoms with E-state index in [4.69, 9.17) is 9.47 Å². The average Bonchev–Trinajstić information content (AvgIpc) is 3.51. The number of rotatable bonds is 6. The molecule has 0 bridgehead atoms. The van der Waals surface area contributed by atoms with E-state index in [0.717, 1.165) is 29.1 Å². The number of anilines is 1. The number of carbonyl (C=O) groups excluding carboxylic acids is 2. The third-order valence-corrected chi connectivity index (χ3v) is 9.66. The number of halogens is 1. The number of amides is 2. The first-order valence-electron chi connectivity index (χ1n) is 16.8. The van der Waals surface area contributed by atoms with Gasteiger partial charge in [0.05, 0.1) is 31.1 Å². The highest BCUT2D eigenvalue weighted by Crippen LogP contribution is 2.42. The Hall–Kier alpha value is -3.81. The van der Waals surface area contributed by atoms with Crippen molar-refractivity contribution in [1.82, 2.24) is 29.3 Å². The van der Waals surface area contributed by atoms with E-state index in [1.54, 1.807) is 21.5 Å². The lowest BCUT2D eigenvalue weighted by atomic mass is 9.90. The summed E-state index contributed by atoms with van der Waals surface area (Å²) in [6.07, 6.45) is 0.0663. The summed E-state index contributed by atoms with van der Waals surface area (Å²) in [5.74, 6) is -0.385. The molecular weight excluding hydrogens is 617 g/mol. The maximum atomic E-state index is 14.4. The van der Waals surface area contributed by atoms with Crippen molar-refractivity contribution in [2.45, 2.75) is 84.0 Å². The van der Waals surface area contributed by atoms with Gasteiger partial charge in [0.2, 0.25) is 5.91 Å². The third-order valence-electron chi connectivity index (χ3n) is 9.66. The van der Waals surface area contributed by atoms with Crippen LogP contribution in [0.1, 0.15) is 65.3 Å². The van der Waals surface area contributed by atoms with E-state index in [-0.39, 0.29) is 42.5 Å². The van der Waals surface area contributed by atoms with E-state index >= 15 is 0 Å². The minimum atomic E-state index is -0.617. The van der Waals surface area contributed by atoms with Crippen molar-refractivity contribution in [3.8, 4) is 0 Å². The SMILES string of the molecule is C[C@@H]1COCCN1C[C@H]1CN(C(=O)OC(C)(C)C)[C@H](C)CN1CC(=O)N1CC(C)(C)c2c1cc(Cc1ccc(F)cc1)c1nc(=O)[nH]n21. The first-order chi connectivity index (χ1) is 22.6. The van der Waals surface area contributed by atoms with E-state index in [1.165, 1.54) is 12.1 Å². The number of H-pyrrole nitrogens is 1. The number of morpholine rings is 1. The number of nitrogens with one attached hydrogen (secondary N) is 1. The van der Waals surface area contributed by atoms with Crippen LogP contribution in [0.15, 0.2) is 35.1 Å². The van der Waals surface area contributed by atoms with Gasteiger partial charge >= 0.3 is 11.8 Å². The van der Waals surface area contributed by atoms with Gasteiger partial charge in [-0.1, -0.05) is 26.0 Å². The molecule has 3 aliphatic heterocycles. The molecule has 2 aromatic heterocycles. The molecule has 12 nitrogen and oxygen atoms in total. The molecule has 2 amide bonds. The molecule has 13 heteroatoms. The Morgan fingerprint density at radius 3 is 2.52 bits per heavy atom. The van der Waals surface area contributed by atoms with Gasteiger partial charge in [0.25, 0.3) is 0 Å². The monoisotopic (exact) mass is 665 g/mol. The second-order valence-corrected chi connectivity index (χ2v) is 15.2. The number of piperazine rings is 1. The standard InChI is InChI=1S/C35H48FN7O5/c1-22-16-40(27(17-39-12-13-47-20-23(39)2)18-41(22)33(46)48-34(3,4)5)19-29(44)42-21-35(6,7)30-28(42)15-25(31-37-32(45)38-43(30)31)14-24-8-10-26(36)11-9-24/h8-11,15,22-23,27H,12-14,16-21H2,1-7H3,(H,38,45)/t22-,23-,27+/m1/s1. The van der Waals surface area contributed by atoms with Gasteiger partial charge < -0.3 is 19.3 Å². The van der Waals surface area contributed by atoms with Crippen LogP contribution in [0.3, 0.4) is 0 Å². The first kappa shape index (κ1) is 34.1. The summed E-state index contributed by atoms with van der Waals surface area (Å²) in [6.45, 7) is 18.1. The molecule has 0 saturated carbocycles. The molecule has 2 fully saturated rings. The van der Waals surface area contributed by atoms with Crippen LogP contribution in [0.5, 0.6) is 0 Å². The smallest absolute Gasteiger partial charge is 0.410 e. The number of nitrogens with zero attached hydrogens (tertiary/aromatic N) is 6. The predicted molar refractivity (Wildman–Crippen MR) is 180 cm³/mol. The number of aromatic nitrogens is 3. The van der Waals surface area contributed by atoms with Crippen LogP contribution in [0.4, 0.5) is 14.9 Å². The lowest BCUT2D eigenvalue weighted by Gasteiger charge is -2.47. The molecule has 6 rings (SSSR count). The van der Waals surface area contributed by atoms with Crippen LogP contribution >= 0.6 is 0 Å². The highest BCUT2D eigenvalue weighted by molar-refractivity contribution is 5.97. The van der Waals surface area contributed by atoms with E-state index in [0.29, 0.717) is 51.5 Å². The van der Waals surface area contributed by atoms with Crippen molar-refractivity contribution in [3.05, 3.63) is 63.5 Å². The fraction of sp³-hybridized carbons (Fsp3) is 0.600. The van der Waals surface area contributed by atoms with E-state index in [9.17, 15) is 18.8 Å². The molecule has 3 atom stereocenters. The van der Waals surface area contributed by atoms with Crippen LogP contribution in [-0.4, -0.2) is 118 Å². The van der Waals surface area contributed by atoms with Gasteiger partial charge in [0.15, 0.2) is 5.65 Å². The molecule has 0 aliphatic carbocycles. The fourth-order valence-corrected chi connectivity index (χ4v) is 7.31. The summed E-state index contributed by atoms with van der Waals surface area (Å²) in [7, 11) is 0. The number of hydrogen-bond donors (Lipinski definition) is 1. The maximum absolute atomic E-state index is 14.4. The second kappa shape index (κ2) is 12.9. The van der Waals surface area contributed by atoms with E-state index < -0.39 is 16.7 Å². The highest BCUT2D eigenvalue weighted by Gasteiger charge is 2.44. The Kier molecular flexibility index (Phi) is 9.16. The third kappa shape index (κ3) is 6.99.